The van der Waals surface area contributed by atoms with Crippen LogP contribution in [0.5, 0.6) is 0 Å². The smallest absolute Gasteiger partial charge is 0.383 e. The van der Waals surface area contributed by atoms with Crippen LogP contribution in [0.4, 0.5) is 13.2 Å². The molecule has 0 rings (SSSR count). The van der Waals surface area contributed by atoms with Gasteiger partial charge in [0.05, 0.1) is 12.6 Å². The number of carbonyl (C=O) groups is 1. The van der Waals surface area contributed by atoms with Crippen LogP contribution >= 0.6 is 15.9 Å². The van der Waals surface area contributed by atoms with Gasteiger partial charge in [0.1, 0.15) is 13.2 Å². The number of halogens is 4. The third-order valence-corrected chi connectivity index (χ3v) is 2.20. The van der Waals surface area contributed by atoms with E-state index in [9.17, 15) is 18.0 Å². The van der Waals surface area contributed by atoms with E-state index in [-0.39, 0.29) is 12.6 Å². The lowest BCUT2D eigenvalue weighted by atomic mass is 10.3. The van der Waals surface area contributed by atoms with Crippen molar-refractivity contribution in [2.45, 2.75) is 12.2 Å². The van der Waals surface area contributed by atoms with Gasteiger partial charge in [0.2, 0.25) is 5.91 Å². The molecule has 0 saturated carbocycles. The summed E-state index contributed by atoms with van der Waals surface area (Å²) in [6.07, 6.45) is -4.42. The highest BCUT2D eigenvalue weighted by Crippen LogP contribution is 2.14. The lowest BCUT2D eigenvalue weighted by Crippen LogP contribution is -2.41. The van der Waals surface area contributed by atoms with Crippen LogP contribution in [0, 0.1) is 0 Å². The van der Waals surface area contributed by atoms with Crippen molar-refractivity contribution in [2.24, 2.45) is 0 Å². The Bertz CT molecular complexity index is 213. The SMILES string of the molecule is COCC(CBr)NC(=O)COCC(F)(F)F. The van der Waals surface area contributed by atoms with Crippen LogP contribution in [-0.4, -0.2) is 50.4 Å². The molecule has 4 nitrogen and oxygen atoms in total. The molecular weight excluding hydrogens is 295 g/mol. The van der Waals surface area contributed by atoms with E-state index in [0.717, 1.165) is 0 Å². The number of carbonyl (C=O) groups excluding carboxylic acids is 1. The van der Waals surface area contributed by atoms with Crippen molar-refractivity contribution in [3.8, 4) is 0 Å². The Morgan fingerprint density at radius 3 is 2.56 bits per heavy atom. The van der Waals surface area contributed by atoms with Crippen LogP contribution in [-0.2, 0) is 14.3 Å². The van der Waals surface area contributed by atoms with Crippen molar-refractivity contribution in [3.05, 3.63) is 0 Å². The molecule has 0 radical (unpaired) electrons. The molecule has 8 heteroatoms. The third kappa shape index (κ3) is 8.93. The highest BCUT2D eigenvalue weighted by molar-refractivity contribution is 9.09. The van der Waals surface area contributed by atoms with Crippen LogP contribution in [0.1, 0.15) is 0 Å². The highest BCUT2D eigenvalue weighted by atomic mass is 79.9. The van der Waals surface area contributed by atoms with E-state index in [4.69, 9.17) is 4.74 Å². The maximum absolute atomic E-state index is 11.7. The monoisotopic (exact) mass is 307 g/mol. The van der Waals surface area contributed by atoms with E-state index in [1.165, 1.54) is 7.11 Å². The van der Waals surface area contributed by atoms with Crippen molar-refractivity contribution in [2.75, 3.05) is 32.3 Å². The number of alkyl halides is 4. The zero-order valence-corrected chi connectivity index (χ0v) is 10.2. The molecule has 0 bridgehead atoms. The van der Waals surface area contributed by atoms with E-state index >= 15 is 0 Å². The Morgan fingerprint density at radius 2 is 2.12 bits per heavy atom. The average molecular weight is 308 g/mol. The van der Waals surface area contributed by atoms with E-state index in [0.29, 0.717) is 5.33 Å². The average Bonchev–Trinajstić information content (AvgIpc) is 2.15. The molecule has 0 aromatic heterocycles. The van der Waals surface area contributed by atoms with Gasteiger partial charge in [-0.1, -0.05) is 15.9 Å². The summed E-state index contributed by atoms with van der Waals surface area (Å²) in [5.41, 5.74) is 0. The number of methoxy groups -OCH3 is 1. The topological polar surface area (TPSA) is 47.6 Å². The summed E-state index contributed by atoms with van der Waals surface area (Å²) in [6, 6.07) is -0.285. The van der Waals surface area contributed by atoms with Gasteiger partial charge in [-0.05, 0) is 0 Å². The molecule has 0 fully saturated rings. The molecule has 1 N–H and O–H groups in total. The van der Waals surface area contributed by atoms with Gasteiger partial charge in [-0.3, -0.25) is 4.79 Å². The highest BCUT2D eigenvalue weighted by Gasteiger charge is 2.27. The Labute approximate surface area is 99.6 Å². The molecule has 1 amide bonds. The Morgan fingerprint density at radius 1 is 1.50 bits per heavy atom. The van der Waals surface area contributed by atoms with Crippen molar-refractivity contribution >= 4 is 21.8 Å². The number of hydrogen-bond donors (Lipinski definition) is 1. The molecule has 0 aliphatic carbocycles. The van der Waals surface area contributed by atoms with E-state index in [2.05, 4.69) is 26.0 Å². The molecular formula is C8H13BrF3NO3. The first-order valence-electron chi connectivity index (χ1n) is 4.37. The molecule has 0 spiro atoms. The summed E-state index contributed by atoms with van der Waals surface area (Å²) in [6.45, 7) is -1.77. The van der Waals surface area contributed by atoms with Crippen molar-refractivity contribution in [3.63, 3.8) is 0 Å². The van der Waals surface area contributed by atoms with Gasteiger partial charge >= 0.3 is 6.18 Å². The van der Waals surface area contributed by atoms with Gasteiger partial charge in [0.15, 0.2) is 0 Å². The Kier molecular flexibility index (Phi) is 7.69. The van der Waals surface area contributed by atoms with Crippen LogP contribution < -0.4 is 5.32 Å². The predicted molar refractivity (Wildman–Crippen MR) is 54.5 cm³/mol. The summed E-state index contributed by atoms with van der Waals surface area (Å²) in [4.78, 5) is 11.1. The zero-order chi connectivity index (χ0) is 12.6. The fourth-order valence-corrected chi connectivity index (χ4v) is 1.20. The Balaban J connectivity index is 3.72. The molecule has 1 atom stereocenters. The van der Waals surface area contributed by atoms with Crippen LogP contribution in [0.25, 0.3) is 0 Å². The molecule has 96 valence electrons. The third-order valence-electron chi connectivity index (χ3n) is 1.42. The molecule has 1 unspecified atom stereocenters. The van der Waals surface area contributed by atoms with E-state index in [1.54, 1.807) is 0 Å². The van der Waals surface area contributed by atoms with Crippen molar-refractivity contribution in [1.29, 1.82) is 0 Å². The minimum atomic E-state index is -4.42. The molecule has 0 aromatic rings. The fraction of sp³-hybridized carbons (Fsp3) is 0.875. The number of ether oxygens (including phenoxy) is 2. The summed E-state index contributed by atoms with van der Waals surface area (Å²) < 4.78 is 44.0. The maximum Gasteiger partial charge on any atom is 0.411 e. The second kappa shape index (κ2) is 7.86. The second-order valence-electron chi connectivity index (χ2n) is 2.98. The number of nitrogens with one attached hydrogen (secondary N) is 1. The quantitative estimate of drug-likeness (QED) is 0.716. The maximum atomic E-state index is 11.7. The zero-order valence-electron chi connectivity index (χ0n) is 8.64. The summed E-state index contributed by atoms with van der Waals surface area (Å²) >= 11 is 3.13. The van der Waals surface area contributed by atoms with E-state index in [1.807, 2.05) is 0 Å². The number of rotatable bonds is 7. The fourth-order valence-electron chi connectivity index (χ4n) is 0.855. The van der Waals surface area contributed by atoms with Gasteiger partial charge in [0.25, 0.3) is 0 Å². The number of hydrogen-bond acceptors (Lipinski definition) is 3. The lowest BCUT2D eigenvalue weighted by Gasteiger charge is -2.15. The Hall–Kier alpha value is -0.340. The lowest BCUT2D eigenvalue weighted by molar-refractivity contribution is -0.175. The van der Waals surface area contributed by atoms with Crippen molar-refractivity contribution in [1.82, 2.24) is 5.32 Å². The first kappa shape index (κ1) is 15.7. The normalized spacial score (nSPS) is 13.6. The minimum Gasteiger partial charge on any atom is -0.383 e. The molecule has 16 heavy (non-hydrogen) atoms. The van der Waals surface area contributed by atoms with Gasteiger partial charge in [-0.15, -0.1) is 0 Å². The van der Waals surface area contributed by atoms with Crippen LogP contribution in [0.15, 0.2) is 0 Å². The molecule has 0 aliphatic rings. The first-order valence-corrected chi connectivity index (χ1v) is 5.50. The summed E-state index contributed by atoms with van der Waals surface area (Å²) in [7, 11) is 1.46. The molecule has 0 aliphatic heterocycles. The van der Waals surface area contributed by atoms with Gasteiger partial charge in [-0.2, -0.15) is 13.2 Å². The summed E-state index contributed by atoms with van der Waals surface area (Å²) in [5, 5.41) is 2.90. The van der Waals surface area contributed by atoms with Crippen LogP contribution in [0.3, 0.4) is 0 Å². The largest absolute Gasteiger partial charge is 0.411 e. The first-order chi connectivity index (χ1) is 7.39. The minimum absolute atomic E-state index is 0.274. The molecule has 0 aromatic carbocycles. The second-order valence-corrected chi connectivity index (χ2v) is 3.63. The van der Waals surface area contributed by atoms with Crippen LogP contribution in [0.2, 0.25) is 0 Å². The standard InChI is InChI=1S/C8H13BrF3NO3/c1-15-3-6(2-9)13-7(14)4-16-5-8(10,11)12/h6H,2-5H2,1H3,(H,13,14). The summed E-state index contributed by atoms with van der Waals surface area (Å²) in [5.74, 6) is -0.606. The molecule has 0 heterocycles. The number of amides is 1. The molecule has 0 saturated heterocycles. The van der Waals surface area contributed by atoms with Gasteiger partial charge in [-0.25, -0.2) is 0 Å². The predicted octanol–water partition coefficient (Wildman–Crippen LogP) is 1.09. The van der Waals surface area contributed by atoms with Crippen molar-refractivity contribution < 1.29 is 27.4 Å². The van der Waals surface area contributed by atoms with E-state index < -0.39 is 25.3 Å². The van der Waals surface area contributed by atoms with Gasteiger partial charge in [0, 0.05) is 12.4 Å². The van der Waals surface area contributed by atoms with Gasteiger partial charge < -0.3 is 14.8 Å².